The number of rotatable bonds is 7. The van der Waals surface area contributed by atoms with Crippen LogP contribution < -0.4 is 4.72 Å². The van der Waals surface area contributed by atoms with Gasteiger partial charge in [0.1, 0.15) is 0 Å². The summed E-state index contributed by atoms with van der Waals surface area (Å²) in [7, 11) is -5.48. The van der Waals surface area contributed by atoms with E-state index in [1.807, 2.05) is 32.9 Å². The van der Waals surface area contributed by atoms with Crippen LogP contribution in [0, 0.1) is 12.3 Å². The predicted octanol–water partition coefficient (Wildman–Crippen LogP) is 7.68. The van der Waals surface area contributed by atoms with Crippen LogP contribution in [0.2, 0.25) is 0 Å². The maximum absolute atomic E-state index is 12.4. The van der Waals surface area contributed by atoms with Crippen molar-refractivity contribution in [2.24, 2.45) is 0 Å². The highest BCUT2D eigenvalue weighted by Gasteiger charge is 2.46. The fourth-order valence-corrected chi connectivity index (χ4v) is 4.50. The first-order valence-electron chi connectivity index (χ1n) is 12.5. The number of benzene rings is 2. The van der Waals surface area contributed by atoms with Crippen molar-refractivity contribution in [1.29, 1.82) is 5.41 Å². The van der Waals surface area contributed by atoms with E-state index in [9.17, 15) is 21.6 Å². The van der Waals surface area contributed by atoms with Crippen molar-refractivity contribution in [2.45, 2.75) is 90.7 Å². The minimum absolute atomic E-state index is 0.0936. The molecule has 3 N–H and O–H groups in total. The number of hydrogen-bond donors (Lipinski definition) is 3. The highest BCUT2D eigenvalue weighted by Crippen LogP contribution is 2.32. The van der Waals surface area contributed by atoms with Gasteiger partial charge in [-0.05, 0) is 55.4 Å². The van der Waals surface area contributed by atoms with Crippen LogP contribution in [0.25, 0.3) is 0 Å². The van der Waals surface area contributed by atoms with Gasteiger partial charge in [0.15, 0.2) is 0 Å². The Hall–Kier alpha value is -2.39. The van der Waals surface area contributed by atoms with Crippen LogP contribution in [0.1, 0.15) is 93.9 Å². The van der Waals surface area contributed by atoms with E-state index in [4.69, 9.17) is 10.5 Å². The minimum atomic E-state index is -5.48. The summed E-state index contributed by atoms with van der Waals surface area (Å²) in [5.41, 5.74) is -2.15. The summed E-state index contributed by atoms with van der Waals surface area (Å²) >= 11 is 0. The quantitative estimate of drug-likeness (QED) is 0.322. The molecule has 0 aromatic heterocycles. The zero-order valence-corrected chi connectivity index (χ0v) is 22.4. The van der Waals surface area contributed by atoms with Gasteiger partial charge in [-0.1, -0.05) is 82.3 Å². The molecule has 3 rings (SSSR count). The summed E-state index contributed by atoms with van der Waals surface area (Å²) in [6.45, 7) is 7.69. The van der Waals surface area contributed by atoms with Gasteiger partial charge in [-0.15, -0.1) is 0 Å². The molecule has 0 aliphatic heterocycles. The number of aliphatic hydroxyl groups is 1. The summed E-state index contributed by atoms with van der Waals surface area (Å²) in [5.74, 6) is 0.775. The fraction of sp³-hybridized carbons (Fsp3) is 0.519. The third-order valence-corrected chi connectivity index (χ3v) is 6.89. The smallest absolute Gasteiger partial charge is 0.392 e. The number of alkyl halides is 3. The summed E-state index contributed by atoms with van der Waals surface area (Å²) in [6.07, 6.45) is 7.85. The van der Waals surface area contributed by atoms with E-state index in [0.717, 1.165) is 17.0 Å². The topological polar surface area (TPSA) is 90.3 Å². The van der Waals surface area contributed by atoms with Crippen molar-refractivity contribution in [3.63, 3.8) is 0 Å². The maximum Gasteiger partial charge on any atom is 0.516 e. The van der Waals surface area contributed by atoms with Crippen molar-refractivity contribution in [1.82, 2.24) is 0 Å². The van der Waals surface area contributed by atoms with E-state index in [1.54, 1.807) is 6.92 Å². The predicted molar refractivity (Wildman–Crippen MR) is 141 cm³/mol. The first kappa shape index (κ1) is 31.6. The number of aliphatic hydroxyl groups excluding tert-OH is 1. The number of hydrogen-bond acceptors (Lipinski definition) is 4. The average Bonchev–Trinajstić information content (AvgIpc) is 2.86. The highest BCUT2D eigenvalue weighted by atomic mass is 32.2. The van der Waals surface area contributed by atoms with Crippen LogP contribution >= 0.6 is 0 Å². The molecule has 0 atom stereocenters. The normalized spacial score (nSPS) is 14.1. The molecule has 202 valence electrons. The third-order valence-electron chi connectivity index (χ3n) is 5.79. The second-order valence-corrected chi connectivity index (χ2v) is 10.2. The Morgan fingerprint density at radius 2 is 1.64 bits per heavy atom. The molecule has 0 bridgehead atoms. The van der Waals surface area contributed by atoms with Crippen LogP contribution in [-0.2, 0) is 16.6 Å². The third kappa shape index (κ3) is 9.58. The molecule has 2 aromatic rings. The van der Waals surface area contributed by atoms with Crippen LogP contribution in [-0.4, -0.2) is 24.7 Å². The second-order valence-electron chi connectivity index (χ2n) is 8.56. The average molecular weight is 529 g/mol. The van der Waals surface area contributed by atoms with Gasteiger partial charge in [-0.2, -0.15) is 21.6 Å². The molecule has 1 aliphatic carbocycles. The van der Waals surface area contributed by atoms with Crippen molar-refractivity contribution in [3.8, 4) is 0 Å². The molecule has 0 unspecified atom stereocenters. The van der Waals surface area contributed by atoms with E-state index in [-0.39, 0.29) is 23.6 Å². The summed E-state index contributed by atoms with van der Waals surface area (Å²) in [6, 6.07) is 12.7. The standard InChI is InChI=1S/C13H18O.C12H15F3N2O2S.C2H6/c14-10-11-6-8-13(9-7-11)12-4-2-1-3-5-12;1-3-4-10(16)9-7-8(2)5-6-11(9)17-20(18,19)12(13,14)15;1-2/h6-9,12,14H,1-5,10H2;5-7,16-17H,3-4H2,1-2H3;1-2H3. The van der Waals surface area contributed by atoms with Crippen molar-refractivity contribution in [2.75, 3.05) is 4.72 Å². The Morgan fingerprint density at radius 3 is 2.14 bits per heavy atom. The summed E-state index contributed by atoms with van der Waals surface area (Å²) < 4.78 is 60.9. The van der Waals surface area contributed by atoms with Gasteiger partial charge in [-0.25, -0.2) is 0 Å². The molecule has 9 heteroatoms. The Morgan fingerprint density at radius 1 is 1.06 bits per heavy atom. The zero-order chi connectivity index (χ0) is 27.4. The monoisotopic (exact) mass is 528 g/mol. The maximum atomic E-state index is 12.4. The van der Waals surface area contributed by atoms with Gasteiger partial charge in [-0.3, -0.25) is 4.72 Å². The molecule has 2 aromatic carbocycles. The molecule has 36 heavy (non-hydrogen) atoms. The van der Waals surface area contributed by atoms with Crippen LogP contribution in [0.5, 0.6) is 0 Å². The van der Waals surface area contributed by atoms with E-state index in [2.05, 4.69) is 12.1 Å². The Labute approximate surface area is 213 Å². The zero-order valence-electron chi connectivity index (χ0n) is 21.6. The molecule has 0 amide bonds. The lowest BCUT2D eigenvalue weighted by Crippen LogP contribution is -2.30. The van der Waals surface area contributed by atoms with Gasteiger partial charge in [0.2, 0.25) is 0 Å². The Kier molecular flexibility index (Phi) is 13.2. The first-order valence-corrected chi connectivity index (χ1v) is 13.9. The van der Waals surface area contributed by atoms with Gasteiger partial charge in [0.05, 0.1) is 12.3 Å². The summed E-state index contributed by atoms with van der Waals surface area (Å²) in [5, 5.41) is 16.8. The SMILES string of the molecule is CC.CCCC(=N)c1cc(C)ccc1NS(=O)(=O)C(F)(F)F.OCc1ccc(C2CCCCC2)cc1. The largest absolute Gasteiger partial charge is 0.516 e. The van der Waals surface area contributed by atoms with E-state index >= 15 is 0 Å². The summed E-state index contributed by atoms with van der Waals surface area (Å²) in [4.78, 5) is 0. The highest BCUT2D eigenvalue weighted by molar-refractivity contribution is 7.93. The lowest BCUT2D eigenvalue weighted by atomic mass is 9.84. The lowest BCUT2D eigenvalue weighted by molar-refractivity contribution is -0.0429. The van der Waals surface area contributed by atoms with Crippen LogP contribution in [0.4, 0.5) is 18.9 Å². The van der Waals surface area contributed by atoms with Gasteiger partial charge < -0.3 is 10.5 Å². The molecule has 0 saturated heterocycles. The molecule has 1 aliphatic rings. The number of anilines is 1. The van der Waals surface area contributed by atoms with Crippen LogP contribution in [0.3, 0.4) is 0 Å². The number of aryl methyl sites for hydroxylation is 1. The molecule has 5 nitrogen and oxygen atoms in total. The van der Waals surface area contributed by atoms with Crippen LogP contribution in [0.15, 0.2) is 42.5 Å². The van der Waals surface area contributed by atoms with Gasteiger partial charge in [0.25, 0.3) is 0 Å². The van der Waals surface area contributed by atoms with Crippen molar-refractivity contribution >= 4 is 21.4 Å². The fourth-order valence-electron chi connectivity index (χ4n) is 3.92. The van der Waals surface area contributed by atoms with Crippen molar-refractivity contribution in [3.05, 3.63) is 64.7 Å². The van der Waals surface area contributed by atoms with Crippen molar-refractivity contribution < 1.29 is 26.7 Å². The molecule has 0 radical (unpaired) electrons. The second kappa shape index (κ2) is 15.0. The Bertz CT molecular complexity index is 1050. The molecule has 1 saturated carbocycles. The first-order chi connectivity index (χ1) is 17.0. The minimum Gasteiger partial charge on any atom is -0.392 e. The molecule has 0 spiro atoms. The molecular formula is C27H39F3N2O3S. The molecule has 0 heterocycles. The van der Waals surface area contributed by atoms with Gasteiger partial charge in [0, 0.05) is 11.3 Å². The van der Waals surface area contributed by atoms with E-state index in [0.29, 0.717) is 12.8 Å². The Balaban J connectivity index is 0.000000353. The van der Waals surface area contributed by atoms with E-state index < -0.39 is 15.5 Å². The number of nitrogens with one attached hydrogen (secondary N) is 2. The molecule has 1 fully saturated rings. The van der Waals surface area contributed by atoms with Gasteiger partial charge >= 0.3 is 15.5 Å². The lowest BCUT2D eigenvalue weighted by Gasteiger charge is -2.21. The molecular weight excluding hydrogens is 489 g/mol. The number of sulfonamides is 1. The number of halogens is 3. The van der Waals surface area contributed by atoms with E-state index in [1.165, 1.54) is 60.6 Å².